The van der Waals surface area contributed by atoms with Crippen LogP contribution in [-0.4, -0.2) is 54.4 Å². The number of aromatic nitrogens is 2. The van der Waals surface area contributed by atoms with Gasteiger partial charge in [-0.2, -0.15) is 5.10 Å². The summed E-state index contributed by atoms with van der Waals surface area (Å²) in [4.78, 5) is 6.76. The Hall–Kier alpha value is -1.56. The molecule has 0 aromatic carbocycles. The van der Waals surface area contributed by atoms with Crippen molar-refractivity contribution in [3.05, 3.63) is 17.0 Å². The molecule has 1 aliphatic carbocycles. The van der Waals surface area contributed by atoms with Crippen LogP contribution in [0.25, 0.3) is 0 Å². The first-order valence-electron chi connectivity index (χ1n) is 9.54. The van der Waals surface area contributed by atoms with E-state index in [1.165, 1.54) is 43.4 Å². The van der Waals surface area contributed by atoms with Gasteiger partial charge in [0.15, 0.2) is 5.96 Å². The molecule has 1 aliphatic rings. The Balaban J connectivity index is 1.90. The minimum atomic E-state index is 0.556. The summed E-state index contributed by atoms with van der Waals surface area (Å²) in [7, 11) is 8.22. The van der Waals surface area contributed by atoms with E-state index in [9.17, 15) is 0 Å². The van der Waals surface area contributed by atoms with Crippen molar-refractivity contribution in [1.82, 2.24) is 25.3 Å². The van der Waals surface area contributed by atoms with Crippen LogP contribution >= 0.6 is 0 Å². The molecule has 1 aromatic rings. The number of guanidine groups is 1. The lowest BCUT2D eigenvalue weighted by molar-refractivity contribution is 0.171. The summed E-state index contributed by atoms with van der Waals surface area (Å²) in [5.74, 6) is 1.66. The molecule has 1 aromatic heterocycles. The molecule has 6 heteroatoms. The summed E-state index contributed by atoms with van der Waals surface area (Å²) in [5.41, 5.74) is 3.53. The van der Waals surface area contributed by atoms with Crippen LogP contribution in [0.5, 0.6) is 0 Å². The molecule has 2 N–H and O–H groups in total. The van der Waals surface area contributed by atoms with Gasteiger partial charge in [-0.25, -0.2) is 0 Å². The van der Waals surface area contributed by atoms with Crippen LogP contribution in [-0.2, 0) is 13.6 Å². The lowest BCUT2D eigenvalue weighted by Gasteiger charge is -2.35. The largest absolute Gasteiger partial charge is 0.355 e. The van der Waals surface area contributed by atoms with E-state index in [1.54, 1.807) is 0 Å². The standard InChI is InChI=1S/C19H36N6/c1-14-17(15(2)25(6)23-14)12-21-19(20-3)22-13-18(24(4)5)16-10-8-7-9-11-16/h16,18H,7-13H2,1-6H3,(H2,20,21,22). The van der Waals surface area contributed by atoms with Crippen LogP contribution < -0.4 is 10.6 Å². The molecule has 0 amide bonds. The molecule has 1 saturated carbocycles. The molecular formula is C19H36N6. The monoisotopic (exact) mass is 348 g/mol. The number of hydrogen-bond donors (Lipinski definition) is 2. The number of likely N-dealkylation sites (N-methyl/N-ethyl adjacent to an activating group) is 1. The van der Waals surface area contributed by atoms with Crippen LogP contribution in [0.4, 0.5) is 0 Å². The highest BCUT2D eigenvalue weighted by Crippen LogP contribution is 2.28. The number of nitrogens with one attached hydrogen (secondary N) is 2. The smallest absolute Gasteiger partial charge is 0.191 e. The molecule has 0 saturated heterocycles. The summed E-state index contributed by atoms with van der Waals surface area (Å²) < 4.78 is 1.94. The first-order valence-corrected chi connectivity index (χ1v) is 9.54. The molecule has 1 atom stereocenters. The van der Waals surface area contributed by atoms with Crippen molar-refractivity contribution in [3.8, 4) is 0 Å². The van der Waals surface area contributed by atoms with E-state index in [1.807, 2.05) is 18.8 Å². The first-order chi connectivity index (χ1) is 11.9. The van der Waals surface area contributed by atoms with Crippen LogP contribution in [0, 0.1) is 19.8 Å². The highest BCUT2D eigenvalue weighted by Gasteiger charge is 2.25. The van der Waals surface area contributed by atoms with Gasteiger partial charge >= 0.3 is 0 Å². The number of aliphatic imine (C=N–C) groups is 1. The number of aryl methyl sites for hydroxylation is 2. The Bertz CT molecular complexity index is 569. The van der Waals surface area contributed by atoms with Crippen molar-refractivity contribution >= 4 is 5.96 Å². The molecule has 1 heterocycles. The molecule has 6 nitrogen and oxygen atoms in total. The lowest BCUT2D eigenvalue weighted by atomic mass is 9.83. The van der Waals surface area contributed by atoms with Crippen LogP contribution in [0.15, 0.2) is 4.99 Å². The molecular weight excluding hydrogens is 312 g/mol. The Morgan fingerprint density at radius 1 is 1.24 bits per heavy atom. The topological polar surface area (TPSA) is 57.5 Å². The van der Waals surface area contributed by atoms with E-state index in [-0.39, 0.29) is 0 Å². The van der Waals surface area contributed by atoms with Gasteiger partial charge in [0.05, 0.1) is 5.69 Å². The second kappa shape index (κ2) is 9.22. The minimum Gasteiger partial charge on any atom is -0.355 e. The van der Waals surface area contributed by atoms with Crippen molar-refractivity contribution < 1.29 is 0 Å². The number of nitrogens with zero attached hydrogens (tertiary/aromatic N) is 4. The Kier molecular flexibility index (Phi) is 7.29. The molecule has 25 heavy (non-hydrogen) atoms. The summed E-state index contributed by atoms with van der Waals surface area (Å²) in [6.45, 7) is 5.85. The molecule has 142 valence electrons. The zero-order valence-electron chi connectivity index (χ0n) is 16.9. The van der Waals surface area contributed by atoms with Crippen molar-refractivity contribution in [2.24, 2.45) is 18.0 Å². The zero-order chi connectivity index (χ0) is 18.4. The van der Waals surface area contributed by atoms with Gasteiger partial charge < -0.3 is 15.5 Å². The molecule has 0 aliphatic heterocycles. The predicted octanol–water partition coefficient (Wildman–Crippen LogP) is 2.21. The first kappa shape index (κ1) is 19.8. The minimum absolute atomic E-state index is 0.556. The van der Waals surface area contributed by atoms with Gasteiger partial charge in [0, 0.05) is 44.5 Å². The van der Waals surface area contributed by atoms with E-state index in [0.717, 1.165) is 30.7 Å². The average molecular weight is 349 g/mol. The van der Waals surface area contributed by atoms with E-state index in [2.05, 4.69) is 53.6 Å². The summed E-state index contributed by atoms with van der Waals surface area (Å²) in [6, 6.07) is 0.556. The van der Waals surface area contributed by atoms with E-state index in [4.69, 9.17) is 0 Å². The fraction of sp³-hybridized carbons (Fsp3) is 0.789. The normalized spacial score (nSPS) is 17.8. The van der Waals surface area contributed by atoms with Crippen LogP contribution in [0.1, 0.15) is 49.1 Å². The van der Waals surface area contributed by atoms with E-state index < -0.39 is 0 Å². The third-order valence-corrected chi connectivity index (χ3v) is 5.65. The van der Waals surface area contributed by atoms with Crippen molar-refractivity contribution in [2.75, 3.05) is 27.7 Å². The molecule has 0 bridgehead atoms. The maximum atomic E-state index is 4.48. The predicted molar refractivity (Wildman–Crippen MR) is 105 cm³/mol. The van der Waals surface area contributed by atoms with Gasteiger partial charge in [-0.3, -0.25) is 9.67 Å². The SMILES string of the molecule is CN=C(NCc1c(C)nn(C)c1C)NCC(C1CCCCC1)N(C)C. The number of rotatable bonds is 6. The zero-order valence-corrected chi connectivity index (χ0v) is 16.9. The van der Waals surface area contributed by atoms with Gasteiger partial charge in [0.1, 0.15) is 0 Å². The van der Waals surface area contributed by atoms with Gasteiger partial charge in [0.2, 0.25) is 0 Å². The lowest BCUT2D eigenvalue weighted by Crippen LogP contribution is -2.48. The van der Waals surface area contributed by atoms with Crippen molar-refractivity contribution in [3.63, 3.8) is 0 Å². The average Bonchev–Trinajstić information content (AvgIpc) is 2.84. The summed E-state index contributed by atoms with van der Waals surface area (Å²) in [6.07, 6.45) is 6.86. The van der Waals surface area contributed by atoms with Crippen molar-refractivity contribution in [1.29, 1.82) is 0 Å². The third kappa shape index (κ3) is 5.21. The molecule has 1 unspecified atom stereocenters. The van der Waals surface area contributed by atoms with Crippen LogP contribution in [0.3, 0.4) is 0 Å². The Morgan fingerprint density at radius 2 is 1.92 bits per heavy atom. The van der Waals surface area contributed by atoms with Gasteiger partial charge in [0.25, 0.3) is 0 Å². The maximum absolute atomic E-state index is 4.48. The van der Waals surface area contributed by atoms with Gasteiger partial charge in [-0.15, -0.1) is 0 Å². The Labute approximate surface area is 153 Å². The number of hydrogen-bond acceptors (Lipinski definition) is 3. The second-order valence-corrected chi connectivity index (χ2v) is 7.51. The summed E-state index contributed by atoms with van der Waals surface area (Å²) >= 11 is 0. The quantitative estimate of drug-likeness (QED) is 0.611. The molecule has 0 spiro atoms. The highest BCUT2D eigenvalue weighted by atomic mass is 15.3. The highest BCUT2D eigenvalue weighted by molar-refractivity contribution is 5.79. The maximum Gasteiger partial charge on any atom is 0.191 e. The second-order valence-electron chi connectivity index (χ2n) is 7.51. The van der Waals surface area contributed by atoms with Crippen LogP contribution in [0.2, 0.25) is 0 Å². The third-order valence-electron chi connectivity index (χ3n) is 5.65. The van der Waals surface area contributed by atoms with Crippen molar-refractivity contribution in [2.45, 2.75) is 58.5 Å². The van der Waals surface area contributed by atoms with Gasteiger partial charge in [-0.1, -0.05) is 19.3 Å². The fourth-order valence-electron chi connectivity index (χ4n) is 3.96. The molecule has 2 rings (SSSR count). The summed E-state index contributed by atoms with van der Waals surface area (Å²) in [5, 5.41) is 11.5. The molecule has 1 fully saturated rings. The Morgan fingerprint density at radius 3 is 2.44 bits per heavy atom. The molecule has 0 radical (unpaired) electrons. The van der Waals surface area contributed by atoms with E-state index in [0.29, 0.717) is 6.04 Å². The van der Waals surface area contributed by atoms with Gasteiger partial charge in [-0.05, 0) is 46.7 Å². The van der Waals surface area contributed by atoms with E-state index >= 15 is 0 Å². The fourth-order valence-corrected chi connectivity index (χ4v) is 3.96.